The number of hydrogen-bond donors (Lipinski definition) is 0. The lowest BCUT2D eigenvalue weighted by atomic mass is 10.1. The van der Waals surface area contributed by atoms with Crippen LogP contribution in [0.5, 0.6) is 0 Å². The molecule has 3 aromatic rings. The molecule has 29 heavy (non-hydrogen) atoms. The van der Waals surface area contributed by atoms with Crippen molar-refractivity contribution in [1.29, 1.82) is 0 Å². The quantitative estimate of drug-likeness (QED) is 0.392. The van der Waals surface area contributed by atoms with Crippen LogP contribution in [-0.4, -0.2) is 23.0 Å². The summed E-state index contributed by atoms with van der Waals surface area (Å²) in [5, 5.41) is 0.332. The summed E-state index contributed by atoms with van der Waals surface area (Å²) in [6.45, 7) is 0. The number of anilines is 3. The number of thiocarbonyl (C=S) groups is 1. The van der Waals surface area contributed by atoms with Crippen molar-refractivity contribution >= 4 is 57.0 Å². The van der Waals surface area contributed by atoms with Crippen molar-refractivity contribution in [3.8, 4) is 0 Å². The zero-order chi connectivity index (χ0) is 20.4. The molecule has 1 fully saturated rings. The fourth-order valence-corrected chi connectivity index (χ4v) is 3.47. The molecule has 3 aromatic carbocycles. The van der Waals surface area contributed by atoms with Crippen LogP contribution in [0.3, 0.4) is 0 Å². The van der Waals surface area contributed by atoms with Crippen molar-refractivity contribution in [2.24, 2.45) is 0 Å². The molecule has 4 rings (SSSR count). The molecule has 0 aliphatic carbocycles. The summed E-state index contributed by atoms with van der Waals surface area (Å²) in [6, 6.07) is 27.8. The van der Waals surface area contributed by atoms with Crippen molar-refractivity contribution in [3.05, 3.63) is 96.3 Å². The first-order valence-electron chi connectivity index (χ1n) is 8.96. The SMILES string of the molecule is CN1C(=O)C(=C(Cl)c2ccc(N(c3ccccc3)c3ccccc3)cc2)OC1=S. The first kappa shape index (κ1) is 19.2. The van der Waals surface area contributed by atoms with Gasteiger partial charge in [0.15, 0.2) is 0 Å². The van der Waals surface area contributed by atoms with E-state index in [9.17, 15) is 4.79 Å². The summed E-state index contributed by atoms with van der Waals surface area (Å²) < 4.78 is 5.36. The largest absolute Gasteiger partial charge is 0.424 e. The van der Waals surface area contributed by atoms with Crippen LogP contribution in [0.1, 0.15) is 5.56 Å². The van der Waals surface area contributed by atoms with Gasteiger partial charge in [0.2, 0.25) is 5.76 Å². The molecule has 6 heteroatoms. The van der Waals surface area contributed by atoms with Gasteiger partial charge in [0.1, 0.15) is 0 Å². The zero-order valence-corrected chi connectivity index (χ0v) is 17.2. The number of carbonyl (C=O) groups is 1. The van der Waals surface area contributed by atoms with Gasteiger partial charge in [-0.3, -0.25) is 9.69 Å². The normalized spacial score (nSPS) is 15.3. The Kier molecular flexibility index (Phi) is 5.34. The number of likely N-dealkylation sites (N-methyl/N-ethyl adjacent to an activating group) is 1. The number of nitrogens with zero attached hydrogens (tertiary/aromatic N) is 2. The molecule has 0 aromatic heterocycles. The lowest BCUT2D eigenvalue weighted by Gasteiger charge is -2.25. The highest BCUT2D eigenvalue weighted by atomic mass is 35.5. The molecule has 1 heterocycles. The number of benzene rings is 3. The molecule has 1 aliphatic rings. The van der Waals surface area contributed by atoms with E-state index in [1.54, 1.807) is 7.05 Å². The molecule has 1 amide bonds. The first-order valence-corrected chi connectivity index (χ1v) is 9.75. The van der Waals surface area contributed by atoms with Gasteiger partial charge in [-0.15, -0.1) is 0 Å². The minimum absolute atomic E-state index is 0.0508. The van der Waals surface area contributed by atoms with E-state index in [1.165, 1.54) is 4.90 Å². The average Bonchev–Trinajstić information content (AvgIpc) is 3.03. The minimum Gasteiger partial charge on any atom is -0.424 e. The topological polar surface area (TPSA) is 32.8 Å². The van der Waals surface area contributed by atoms with Crippen LogP contribution in [0.15, 0.2) is 90.7 Å². The Bertz CT molecular complexity index is 1040. The number of para-hydroxylation sites is 2. The Hall–Kier alpha value is -3.15. The summed E-state index contributed by atoms with van der Waals surface area (Å²) in [4.78, 5) is 15.6. The van der Waals surface area contributed by atoms with Crippen molar-refractivity contribution in [2.75, 3.05) is 11.9 Å². The Morgan fingerprint density at radius 3 is 1.79 bits per heavy atom. The molecule has 0 radical (unpaired) electrons. The third-order valence-corrected chi connectivity index (χ3v) is 5.32. The number of hydrogen-bond acceptors (Lipinski definition) is 4. The van der Waals surface area contributed by atoms with Crippen LogP contribution in [0.25, 0.3) is 5.03 Å². The second-order valence-electron chi connectivity index (χ2n) is 6.43. The molecule has 0 bridgehead atoms. The van der Waals surface area contributed by atoms with Crippen molar-refractivity contribution in [1.82, 2.24) is 4.90 Å². The predicted octanol–water partition coefficient (Wildman–Crippen LogP) is 5.84. The third kappa shape index (κ3) is 3.75. The average molecular weight is 421 g/mol. The Morgan fingerprint density at radius 2 is 1.34 bits per heavy atom. The third-order valence-electron chi connectivity index (χ3n) is 4.57. The maximum Gasteiger partial charge on any atom is 0.298 e. The number of halogens is 1. The van der Waals surface area contributed by atoms with E-state index in [0.29, 0.717) is 5.56 Å². The maximum atomic E-state index is 12.2. The van der Waals surface area contributed by atoms with Gasteiger partial charge in [-0.05, 0) is 54.2 Å². The van der Waals surface area contributed by atoms with Gasteiger partial charge in [-0.2, -0.15) is 0 Å². The van der Waals surface area contributed by atoms with E-state index in [-0.39, 0.29) is 21.9 Å². The second-order valence-corrected chi connectivity index (χ2v) is 7.16. The maximum absolute atomic E-state index is 12.2. The lowest BCUT2D eigenvalue weighted by molar-refractivity contribution is -0.122. The highest BCUT2D eigenvalue weighted by Crippen LogP contribution is 2.36. The highest BCUT2D eigenvalue weighted by Gasteiger charge is 2.33. The Morgan fingerprint density at radius 1 is 0.862 bits per heavy atom. The molecule has 0 saturated carbocycles. The van der Waals surface area contributed by atoms with E-state index in [2.05, 4.69) is 29.2 Å². The van der Waals surface area contributed by atoms with Crippen molar-refractivity contribution in [3.63, 3.8) is 0 Å². The molecule has 1 saturated heterocycles. The van der Waals surface area contributed by atoms with E-state index in [1.807, 2.05) is 60.7 Å². The zero-order valence-electron chi connectivity index (χ0n) is 15.6. The number of carbonyl (C=O) groups excluding carboxylic acids is 1. The molecule has 0 N–H and O–H groups in total. The standard InChI is InChI=1S/C23H17ClN2O2S/c1-25-22(27)21(28-23(25)29)20(24)16-12-14-19(15-13-16)26(17-8-4-2-5-9-17)18-10-6-3-7-11-18/h2-15H,1H3. The van der Waals surface area contributed by atoms with E-state index in [0.717, 1.165) is 17.1 Å². The molecule has 0 unspecified atom stereocenters. The van der Waals surface area contributed by atoms with Gasteiger partial charge in [0.25, 0.3) is 11.1 Å². The van der Waals surface area contributed by atoms with Crippen LogP contribution in [0.4, 0.5) is 17.1 Å². The van der Waals surface area contributed by atoms with Gasteiger partial charge in [-0.1, -0.05) is 60.1 Å². The molecular weight excluding hydrogens is 404 g/mol. The van der Waals surface area contributed by atoms with Crippen LogP contribution in [0.2, 0.25) is 0 Å². The van der Waals surface area contributed by atoms with E-state index >= 15 is 0 Å². The predicted molar refractivity (Wildman–Crippen MR) is 120 cm³/mol. The first-order chi connectivity index (χ1) is 14.1. The smallest absolute Gasteiger partial charge is 0.298 e. The molecule has 4 nitrogen and oxygen atoms in total. The number of ether oxygens (including phenoxy) is 1. The van der Waals surface area contributed by atoms with Gasteiger partial charge in [-0.25, -0.2) is 0 Å². The van der Waals surface area contributed by atoms with Crippen molar-refractivity contribution < 1.29 is 9.53 Å². The fraction of sp³-hybridized carbons (Fsp3) is 0.0435. The van der Waals surface area contributed by atoms with E-state index in [4.69, 9.17) is 28.6 Å². The molecular formula is C23H17ClN2O2S. The summed E-state index contributed by atoms with van der Waals surface area (Å²) in [5.74, 6) is -0.297. The summed E-state index contributed by atoms with van der Waals surface area (Å²) in [6.07, 6.45) is 0. The Balaban J connectivity index is 1.72. The van der Waals surface area contributed by atoms with Crippen molar-refractivity contribution in [2.45, 2.75) is 0 Å². The molecule has 144 valence electrons. The highest BCUT2D eigenvalue weighted by molar-refractivity contribution is 7.80. The van der Waals surface area contributed by atoms with Gasteiger partial charge in [0, 0.05) is 24.1 Å². The summed E-state index contributed by atoms with van der Waals surface area (Å²) in [5.41, 5.74) is 3.72. The number of rotatable bonds is 4. The van der Waals surface area contributed by atoms with Crippen LogP contribution in [0, 0.1) is 0 Å². The Labute approximate surface area is 179 Å². The summed E-state index contributed by atoms with van der Waals surface area (Å²) in [7, 11) is 1.56. The van der Waals surface area contributed by atoms with Crippen LogP contribution >= 0.6 is 23.8 Å². The number of amides is 1. The van der Waals surface area contributed by atoms with Crippen LogP contribution < -0.4 is 4.90 Å². The molecule has 0 spiro atoms. The fourth-order valence-electron chi connectivity index (χ4n) is 3.06. The monoisotopic (exact) mass is 420 g/mol. The van der Waals surface area contributed by atoms with Gasteiger partial charge in [0.05, 0.1) is 5.03 Å². The molecule has 1 aliphatic heterocycles. The minimum atomic E-state index is -0.348. The molecule has 0 atom stereocenters. The van der Waals surface area contributed by atoms with Crippen LogP contribution in [-0.2, 0) is 9.53 Å². The van der Waals surface area contributed by atoms with Gasteiger partial charge < -0.3 is 9.64 Å². The second kappa shape index (κ2) is 8.07. The summed E-state index contributed by atoms with van der Waals surface area (Å²) >= 11 is 11.4. The van der Waals surface area contributed by atoms with Gasteiger partial charge >= 0.3 is 0 Å². The van der Waals surface area contributed by atoms with E-state index < -0.39 is 0 Å². The lowest BCUT2D eigenvalue weighted by Crippen LogP contribution is -2.23.